The van der Waals surface area contributed by atoms with Crippen molar-refractivity contribution in [3.05, 3.63) is 95.6 Å². The summed E-state index contributed by atoms with van der Waals surface area (Å²) in [4.78, 5) is 31.9. The zero-order valence-corrected chi connectivity index (χ0v) is 23.4. The molecule has 4 rings (SSSR count). The molecule has 4 N–H and O–H groups in total. The molecule has 0 aromatic heterocycles. The number of amides is 2. The molecule has 0 aliphatic heterocycles. The Bertz CT molecular complexity index is 1360. The number of ether oxygens (including phenoxy) is 1. The molecule has 0 spiro atoms. The van der Waals surface area contributed by atoms with Crippen molar-refractivity contribution < 1.29 is 19.9 Å². The Morgan fingerprint density at radius 1 is 0.900 bits per heavy atom. The van der Waals surface area contributed by atoms with Crippen molar-refractivity contribution in [1.29, 1.82) is 0 Å². The number of aliphatic imine (C=N–C) groups is 1. The van der Waals surface area contributed by atoms with Gasteiger partial charge in [-0.25, -0.2) is 0 Å². The highest BCUT2D eigenvalue weighted by molar-refractivity contribution is 6.02. The highest BCUT2D eigenvalue weighted by atomic mass is 16.5. The Kier molecular flexibility index (Phi) is 9.09. The normalized spacial score (nSPS) is 17.6. The molecule has 0 atom stereocenters. The van der Waals surface area contributed by atoms with E-state index in [1.807, 2.05) is 65.6 Å². The average Bonchev–Trinajstić information content (AvgIpc) is 2.96. The molecule has 1 fully saturated rings. The SMILES string of the molecule is CC(C)(C)C1CCC(N(Cc2ccc(C(=O)N=C(N)N=[NH2+])cc2)C(=O)c2cccc(Oc3ccccc3)c2)CC1. The second kappa shape index (κ2) is 12.7. The van der Waals surface area contributed by atoms with Crippen LogP contribution < -0.4 is 16.0 Å². The van der Waals surface area contributed by atoms with Crippen LogP contribution in [0.1, 0.15) is 72.7 Å². The van der Waals surface area contributed by atoms with Crippen LogP contribution in [0.25, 0.3) is 0 Å². The van der Waals surface area contributed by atoms with E-state index in [4.69, 9.17) is 16.0 Å². The maximum atomic E-state index is 14.0. The zero-order chi connectivity index (χ0) is 28.7. The van der Waals surface area contributed by atoms with Gasteiger partial charge in [0.2, 0.25) is 0 Å². The minimum absolute atomic E-state index is 0.0418. The molecule has 1 aliphatic rings. The van der Waals surface area contributed by atoms with Crippen molar-refractivity contribution in [1.82, 2.24) is 4.90 Å². The van der Waals surface area contributed by atoms with Gasteiger partial charge in [0.05, 0.1) is 0 Å². The molecule has 0 unspecified atom stereocenters. The second-order valence-corrected chi connectivity index (χ2v) is 11.3. The number of para-hydroxylation sites is 1. The number of hydrogen-bond donors (Lipinski definition) is 2. The Morgan fingerprint density at radius 2 is 1.55 bits per heavy atom. The second-order valence-electron chi connectivity index (χ2n) is 11.3. The van der Waals surface area contributed by atoms with E-state index in [1.165, 1.54) is 0 Å². The largest absolute Gasteiger partial charge is 0.457 e. The molecule has 1 aliphatic carbocycles. The Morgan fingerprint density at radius 3 is 2.17 bits per heavy atom. The summed E-state index contributed by atoms with van der Waals surface area (Å²) in [5.41, 5.74) is 12.6. The van der Waals surface area contributed by atoms with Crippen LogP contribution >= 0.6 is 0 Å². The van der Waals surface area contributed by atoms with Crippen LogP contribution in [0.3, 0.4) is 0 Å². The summed E-state index contributed by atoms with van der Waals surface area (Å²) < 4.78 is 6.00. The molecule has 0 saturated heterocycles. The first kappa shape index (κ1) is 28.7. The molecule has 208 valence electrons. The fourth-order valence-electron chi connectivity index (χ4n) is 5.25. The van der Waals surface area contributed by atoms with E-state index in [0.29, 0.717) is 35.1 Å². The van der Waals surface area contributed by atoms with Crippen LogP contribution in [0, 0.1) is 11.3 Å². The fraction of sp³-hybridized carbons (Fsp3) is 0.344. The van der Waals surface area contributed by atoms with Gasteiger partial charge < -0.3 is 15.4 Å². The van der Waals surface area contributed by atoms with Crippen LogP contribution in [0.5, 0.6) is 11.5 Å². The van der Waals surface area contributed by atoms with E-state index < -0.39 is 5.91 Å². The minimum Gasteiger partial charge on any atom is -0.457 e. The van der Waals surface area contributed by atoms with Gasteiger partial charge in [0.25, 0.3) is 17.8 Å². The summed E-state index contributed by atoms with van der Waals surface area (Å²) >= 11 is 0. The predicted molar refractivity (Wildman–Crippen MR) is 155 cm³/mol. The van der Waals surface area contributed by atoms with Crippen LogP contribution in [0.2, 0.25) is 0 Å². The summed E-state index contributed by atoms with van der Waals surface area (Å²) in [5, 5.41) is 3.21. The van der Waals surface area contributed by atoms with Gasteiger partial charge in [-0.1, -0.05) is 57.2 Å². The van der Waals surface area contributed by atoms with E-state index in [0.717, 1.165) is 31.2 Å². The number of rotatable bonds is 7. The maximum absolute atomic E-state index is 14.0. The van der Waals surface area contributed by atoms with Crippen LogP contribution in [-0.2, 0) is 6.54 Å². The summed E-state index contributed by atoms with van der Waals surface area (Å²) in [6, 6.07) is 24.0. The topological polar surface area (TPSA) is 123 Å². The van der Waals surface area contributed by atoms with E-state index in [2.05, 4.69) is 30.9 Å². The van der Waals surface area contributed by atoms with E-state index in [9.17, 15) is 9.59 Å². The van der Waals surface area contributed by atoms with Crippen LogP contribution in [0.4, 0.5) is 0 Å². The van der Waals surface area contributed by atoms with Gasteiger partial charge in [-0.15, -0.1) is 5.53 Å². The highest BCUT2D eigenvalue weighted by Crippen LogP contribution is 2.39. The fourth-order valence-corrected chi connectivity index (χ4v) is 5.25. The molecule has 2 amide bonds. The summed E-state index contributed by atoms with van der Waals surface area (Å²) in [5.74, 6) is 1.10. The third kappa shape index (κ3) is 7.40. The van der Waals surface area contributed by atoms with Gasteiger partial charge >= 0.3 is 0 Å². The zero-order valence-electron chi connectivity index (χ0n) is 23.4. The molecule has 0 radical (unpaired) electrons. The van der Waals surface area contributed by atoms with Crippen molar-refractivity contribution in [2.75, 3.05) is 0 Å². The first-order valence-electron chi connectivity index (χ1n) is 13.7. The first-order chi connectivity index (χ1) is 19.1. The molecule has 40 heavy (non-hydrogen) atoms. The van der Waals surface area contributed by atoms with Crippen LogP contribution in [-0.4, -0.2) is 28.7 Å². The minimum atomic E-state index is -0.526. The van der Waals surface area contributed by atoms with E-state index in [1.54, 1.807) is 18.2 Å². The predicted octanol–water partition coefficient (Wildman–Crippen LogP) is 5.39. The van der Waals surface area contributed by atoms with Crippen molar-refractivity contribution in [3.8, 4) is 11.5 Å². The summed E-state index contributed by atoms with van der Waals surface area (Å²) in [7, 11) is 0. The lowest BCUT2D eigenvalue weighted by Gasteiger charge is -2.41. The number of carbonyl (C=O) groups excluding carboxylic acids is 2. The Balaban J connectivity index is 1.57. The Hall–Kier alpha value is -4.33. The smallest absolute Gasteiger partial charge is 0.288 e. The number of guanidine groups is 1. The van der Waals surface area contributed by atoms with Gasteiger partial charge in [-0.3, -0.25) is 9.59 Å². The van der Waals surface area contributed by atoms with Gasteiger partial charge in [0, 0.05) is 28.8 Å². The first-order valence-corrected chi connectivity index (χ1v) is 13.7. The lowest BCUT2D eigenvalue weighted by Crippen LogP contribution is -2.43. The van der Waals surface area contributed by atoms with Crippen molar-refractivity contribution >= 4 is 17.8 Å². The van der Waals surface area contributed by atoms with E-state index in [-0.39, 0.29) is 23.3 Å². The monoisotopic (exact) mass is 540 g/mol. The summed E-state index contributed by atoms with van der Waals surface area (Å²) in [6.07, 6.45) is 4.05. The lowest BCUT2D eigenvalue weighted by molar-refractivity contribution is -0.207. The molecule has 1 saturated carbocycles. The lowest BCUT2D eigenvalue weighted by atomic mass is 9.71. The van der Waals surface area contributed by atoms with Gasteiger partial charge in [-0.05, 0) is 85.0 Å². The maximum Gasteiger partial charge on any atom is 0.288 e. The van der Waals surface area contributed by atoms with E-state index >= 15 is 0 Å². The molecule has 0 bridgehead atoms. The molecule has 0 heterocycles. The number of nitrogens with two attached hydrogens (primary N) is 2. The van der Waals surface area contributed by atoms with Crippen LogP contribution in [0.15, 0.2) is 89.0 Å². The molecule has 8 nitrogen and oxygen atoms in total. The quantitative estimate of drug-likeness (QED) is 0.237. The standard InChI is InChI=1S/C32H37N5O3/c1-32(2,3)25-16-18-26(19-17-25)37(21-22-12-14-23(15-13-22)29(38)35-31(33)36-34)30(39)24-8-7-11-28(20-24)40-27-9-5-4-6-10-27/h4-15,20,25-26,34H,16-19,21H2,1-3H3,(H2,33,35,38)/p+1. The number of hydrogen-bond acceptors (Lipinski definition) is 3. The van der Waals surface area contributed by atoms with Gasteiger partial charge in [-0.2, -0.15) is 4.99 Å². The number of nitrogens with zero attached hydrogens (tertiary/aromatic N) is 3. The number of benzene rings is 3. The van der Waals surface area contributed by atoms with Gasteiger partial charge in [0.15, 0.2) is 0 Å². The van der Waals surface area contributed by atoms with Gasteiger partial charge in [0.1, 0.15) is 11.5 Å². The Labute approximate surface area is 235 Å². The van der Waals surface area contributed by atoms with Crippen molar-refractivity contribution in [3.63, 3.8) is 0 Å². The molecular formula is C32H38N5O3+. The summed E-state index contributed by atoms with van der Waals surface area (Å²) in [6.45, 7) is 7.30. The molecule has 8 heteroatoms. The third-order valence-electron chi connectivity index (χ3n) is 7.59. The molecule has 3 aromatic rings. The number of carbonyl (C=O) groups is 2. The van der Waals surface area contributed by atoms with Crippen molar-refractivity contribution in [2.45, 2.75) is 59.0 Å². The molecular weight excluding hydrogens is 502 g/mol. The molecule has 3 aromatic carbocycles. The van der Waals surface area contributed by atoms with Crippen molar-refractivity contribution in [2.24, 2.45) is 27.2 Å². The average molecular weight is 541 g/mol. The highest BCUT2D eigenvalue weighted by Gasteiger charge is 2.34. The third-order valence-corrected chi connectivity index (χ3v) is 7.59.